The molecule has 2 fully saturated rings. The number of fused-ring (bicyclic) bond motifs is 1. The Morgan fingerprint density at radius 2 is 2.24 bits per heavy atom. The molecule has 1 spiro atoms. The Bertz CT molecular complexity index is 749. The molecule has 2 saturated heterocycles. The number of amides is 1. The lowest BCUT2D eigenvalue weighted by molar-refractivity contribution is -0.152. The maximum absolute atomic E-state index is 13.2. The number of ether oxygens (including phenoxy) is 2. The highest BCUT2D eigenvalue weighted by Gasteiger charge is 2.67. The lowest BCUT2D eigenvalue weighted by atomic mass is 9.77. The van der Waals surface area contributed by atoms with Gasteiger partial charge in [0.2, 0.25) is 5.91 Å². The Balaban J connectivity index is 1.61. The van der Waals surface area contributed by atoms with E-state index in [1.165, 1.54) is 0 Å². The van der Waals surface area contributed by atoms with Crippen molar-refractivity contribution in [3.63, 3.8) is 0 Å². The minimum atomic E-state index is -0.717. The van der Waals surface area contributed by atoms with Gasteiger partial charge in [0.1, 0.15) is 11.5 Å². The van der Waals surface area contributed by atoms with Gasteiger partial charge in [0.25, 0.3) is 0 Å². The van der Waals surface area contributed by atoms with E-state index in [4.69, 9.17) is 9.47 Å². The number of hydrogen-bond acceptors (Lipinski definition) is 4. The van der Waals surface area contributed by atoms with E-state index in [0.717, 1.165) is 23.0 Å². The lowest BCUT2D eigenvalue weighted by Gasteiger charge is -2.22. The number of rotatable bonds is 5. The highest BCUT2D eigenvalue weighted by molar-refractivity contribution is 9.10. The molecule has 25 heavy (non-hydrogen) atoms. The van der Waals surface area contributed by atoms with Crippen molar-refractivity contribution in [2.75, 3.05) is 18.1 Å². The average molecular weight is 406 g/mol. The largest absolute Gasteiger partial charge is 0.465 e. The second kappa shape index (κ2) is 6.25. The minimum absolute atomic E-state index is 0.0730. The molecule has 0 unspecified atom stereocenters. The van der Waals surface area contributed by atoms with Crippen molar-refractivity contribution in [1.29, 1.82) is 0 Å². The van der Waals surface area contributed by atoms with E-state index in [2.05, 4.69) is 15.9 Å². The van der Waals surface area contributed by atoms with E-state index < -0.39 is 17.4 Å². The fourth-order valence-corrected chi connectivity index (χ4v) is 4.55. The number of nitrogens with zero attached hydrogens (tertiary/aromatic N) is 1. The number of benzene rings is 1. The fraction of sp³-hybridized carbons (Fsp3) is 0.474. The van der Waals surface area contributed by atoms with Crippen LogP contribution in [0.4, 0.5) is 5.69 Å². The number of carbonyl (C=O) groups is 2. The number of para-hydroxylation sites is 1. The normalized spacial score (nSPS) is 32.3. The molecule has 4 rings (SSSR count). The third-order valence-corrected chi connectivity index (χ3v) is 5.93. The summed E-state index contributed by atoms with van der Waals surface area (Å²) in [5.41, 5.74) is 0.0840. The third kappa shape index (κ3) is 2.54. The first-order valence-electron chi connectivity index (χ1n) is 8.67. The number of esters is 1. The van der Waals surface area contributed by atoms with Crippen LogP contribution in [0.1, 0.15) is 19.8 Å². The molecule has 3 aliphatic rings. The number of unbranched alkanes of at least 4 members (excludes halogenated alkanes) is 1. The van der Waals surface area contributed by atoms with Gasteiger partial charge in [-0.25, -0.2) is 0 Å². The van der Waals surface area contributed by atoms with Crippen LogP contribution in [-0.2, 0) is 19.1 Å². The van der Waals surface area contributed by atoms with Crippen LogP contribution in [0.5, 0.6) is 0 Å². The highest BCUT2D eigenvalue weighted by atomic mass is 79.9. The minimum Gasteiger partial charge on any atom is -0.465 e. The zero-order valence-corrected chi connectivity index (χ0v) is 15.6. The SMILES string of the molecule is CCCCOC(=O)[C@@H]1[C@H]2C=C[C@@]3(CN(c4ccccc4Br)C(=O)[C@@H]13)O2. The molecule has 1 amide bonds. The monoisotopic (exact) mass is 405 g/mol. The van der Waals surface area contributed by atoms with Gasteiger partial charge in [0.15, 0.2) is 0 Å². The zero-order chi connectivity index (χ0) is 17.6. The summed E-state index contributed by atoms with van der Waals surface area (Å²) in [6.07, 6.45) is 5.28. The quantitative estimate of drug-likeness (QED) is 0.429. The Labute approximate surface area is 155 Å². The molecule has 3 aliphatic heterocycles. The van der Waals surface area contributed by atoms with E-state index in [1.807, 2.05) is 43.3 Å². The molecule has 0 N–H and O–H groups in total. The number of anilines is 1. The van der Waals surface area contributed by atoms with Gasteiger partial charge >= 0.3 is 5.97 Å². The second-order valence-corrected chi connectivity index (χ2v) is 7.65. The highest BCUT2D eigenvalue weighted by Crippen LogP contribution is 2.53. The number of halogens is 1. The summed E-state index contributed by atoms with van der Waals surface area (Å²) in [5, 5.41) is 0. The standard InChI is InChI=1S/C19H20BrNO4/c1-2-3-10-24-18(23)15-14-8-9-19(25-14)11-21(17(22)16(15)19)13-7-5-4-6-12(13)20/h4-9,14-16H,2-3,10-11H2,1H3/t14-,15-,16-,19+/m1/s1. The average Bonchev–Trinajstić information content (AvgIpc) is 3.24. The molecule has 0 saturated carbocycles. The van der Waals surface area contributed by atoms with Crippen LogP contribution in [0, 0.1) is 11.8 Å². The van der Waals surface area contributed by atoms with Crippen molar-refractivity contribution < 1.29 is 19.1 Å². The molecule has 0 aromatic heterocycles. The maximum Gasteiger partial charge on any atom is 0.312 e. The zero-order valence-electron chi connectivity index (χ0n) is 14.0. The summed E-state index contributed by atoms with van der Waals surface area (Å²) in [5.74, 6) is -1.46. The number of carbonyl (C=O) groups excluding carboxylic acids is 2. The lowest BCUT2D eigenvalue weighted by Crippen LogP contribution is -2.40. The van der Waals surface area contributed by atoms with Gasteiger partial charge < -0.3 is 14.4 Å². The van der Waals surface area contributed by atoms with Crippen LogP contribution in [0.15, 0.2) is 40.9 Å². The van der Waals surface area contributed by atoms with Crippen molar-refractivity contribution in [2.45, 2.75) is 31.5 Å². The van der Waals surface area contributed by atoms with Crippen molar-refractivity contribution >= 4 is 33.5 Å². The van der Waals surface area contributed by atoms with Crippen molar-refractivity contribution in [1.82, 2.24) is 0 Å². The van der Waals surface area contributed by atoms with Crippen molar-refractivity contribution in [3.05, 3.63) is 40.9 Å². The van der Waals surface area contributed by atoms with Gasteiger partial charge in [-0.3, -0.25) is 9.59 Å². The first-order chi connectivity index (χ1) is 12.1. The Morgan fingerprint density at radius 3 is 3.00 bits per heavy atom. The summed E-state index contributed by atoms with van der Waals surface area (Å²) >= 11 is 3.51. The van der Waals surface area contributed by atoms with E-state index in [-0.39, 0.29) is 18.0 Å². The Morgan fingerprint density at radius 1 is 1.44 bits per heavy atom. The fourth-order valence-electron chi connectivity index (χ4n) is 4.06. The smallest absolute Gasteiger partial charge is 0.312 e. The molecular weight excluding hydrogens is 386 g/mol. The topological polar surface area (TPSA) is 55.8 Å². The molecular formula is C19H20BrNO4. The molecule has 3 heterocycles. The summed E-state index contributed by atoms with van der Waals surface area (Å²) in [7, 11) is 0. The van der Waals surface area contributed by atoms with E-state index in [9.17, 15) is 9.59 Å². The molecule has 1 aromatic rings. The van der Waals surface area contributed by atoms with E-state index >= 15 is 0 Å². The van der Waals surface area contributed by atoms with Crippen LogP contribution in [-0.4, -0.2) is 36.7 Å². The van der Waals surface area contributed by atoms with Crippen LogP contribution in [0.2, 0.25) is 0 Å². The van der Waals surface area contributed by atoms with Gasteiger partial charge in [-0.05, 0) is 34.5 Å². The summed E-state index contributed by atoms with van der Waals surface area (Å²) in [4.78, 5) is 27.5. The molecule has 0 aliphatic carbocycles. The van der Waals surface area contributed by atoms with Gasteiger partial charge in [0, 0.05) is 4.47 Å². The maximum atomic E-state index is 13.2. The van der Waals surface area contributed by atoms with E-state index in [0.29, 0.717) is 13.2 Å². The molecule has 6 heteroatoms. The Hall–Kier alpha value is -1.66. The first-order valence-corrected chi connectivity index (χ1v) is 9.46. The van der Waals surface area contributed by atoms with Crippen molar-refractivity contribution in [3.8, 4) is 0 Å². The first kappa shape index (κ1) is 16.8. The molecule has 1 aromatic carbocycles. The summed E-state index contributed by atoms with van der Waals surface area (Å²) < 4.78 is 12.3. The Kier molecular flexibility index (Phi) is 4.20. The van der Waals surface area contributed by atoms with Gasteiger partial charge in [-0.1, -0.05) is 37.6 Å². The predicted octanol–water partition coefficient (Wildman–Crippen LogP) is 3.08. The predicted molar refractivity (Wildman–Crippen MR) is 96.1 cm³/mol. The summed E-state index contributed by atoms with van der Waals surface area (Å²) in [6, 6.07) is 7.59. The van der Waals surface area contributed by atoms with Gasteiger partial charge in [-0.15, -0.1) is 0 Å². The van der Waals surface area contributed by atoms with Crippen molar-refractivity contribution in [2.24, 2.45) is 11.8 Å². The molecule has 132 valence electrons. The second-order valence-electron chi connectivity index (χ2n) is 6.80. The van der Waals surface area contributed by atoms with Crippen LogP contribution in [0.25, 0.3) is 0 Å². The third-order valence-electron chi connectivity index (χ3n) is 5.26. The molecule has 4 atom stereocenters. The van der Waals surface area contributed by atoms with E-state index in [1.54, 1.807) is 4.90 Å². The molecule has 5 nitrogen and oxygen atoms in total. The van der Waals surface area contributed by atoms with Gasteiger partial charge in [0.05, 0.1) is 30.9 Å². The van der Waals surface area contributed by atoms with Gasteiger partial charge in [-0.2, -0.15) is 0 Å². The molecule has 0 radical (unpaired) electrons. The summed E-state index contributed by atoms with van der Waals surface area (Å²) in [6.45, 7) is 2.86. The number of hydrogen-bond donors (Lipinski definition) is 0. The van der Waals surface area contributed by atoms with Crippen LogP contribution >= 0.6 is 15.9 Å². The molecule has 2 bridgehead atoms. The van der Waals surface area contributed by atoms with Crippen LogP contribution in [0.3, 0.4) is 0 Å². The van der Waals surface area contributed by atoms with Crippen LogP contribution < -0.4 is 4.90 Å².